The lowest BCUT2D eigenvalue weighted by molar-refractivity contribution is -0.0833. The van der Waals surface area contributed by atoms with Gasteiger partial charge in [-0.2, -0.15) is 5.26 Å². The molecule has 2 aliphatic carbocycles. The molecular weight excluding hydrogens is 352 g/mol. The molecule has 6 heteroatoms. The number of nitrogens with zero attached hydrogens (tertiary/aromatic N) is 3. The lowest BCUT2D eigenvalue weighted by Crippen LogP contribution is -2.58. The molecule has 2 aromatic rings. The molecule has 2 aliphatic rings. The molecule has 6 nitrogen and oxygen atoms in total. The van der Waals surface area contributed by atoms with Crippen LogP contribution >= 0.6 is 0 Å². The van der Waals surface area contributed by atoms with Crippen LogP contribution in [0.1, 0.15) is 58.6 Å². The van der Waals surface area contributed by atoms with Crippen molar-refractivity contribution in [3.8, 4) is 11.8 Å². The van der Waals surface area contributed by atoms with E-state index in [-0.39, 0.29) is 18.1 Å². The number of rotatable bonds is 4. The van der Waals surface area contributed by atoms with Crippen molar-refractivity contribution >= 4 is 5.91 Å². The molecule has 1 spiro atoms. The number of aromatic nitrogens is 2. The van der Waals surface area contributed by atoms with Gasteiger partial charge >= 0.3 is 0 Å². The van der Waals surface area contributed by atoms with E-state index >= 15 is 0 Å². The maximum atomic E-state index is 12.3. The molecule has 2 fully saturated rings. The molecule has 0 aliphatic heterocycles. The highest BCUT2D eigenvalue weighted by Crippen LogP contribution is 2.56. The van der Waals surface area contributed by atoms with E-state index < -0.39 is 0 Å². The number of nitriles is 1. The molecule has 1 amide bonds. The zero-order chi connectivity index (χ0) is 19.9. The number of ether oxygens (including phenoxy) is 1. The van der Waals surface area contributed by atoms with Gasteiger partial charge in [-0.1, -0.05) is 0 Å². The average molecular weight is 376 g/mol. The second-order valence-corrected chi connectivity index (χ2v) is 8.29. The second kappa shape index (κ2) is 6.90. The summed E-state index contributed by atoms with van der Waals surface area (Å²) in [4.78, 5) is 20.4. The molecule has 2 saturated carbocycles. The minimum absolute atomic E-state index is 0.101. The SMILES string of the molecule is Cc1ncc(C(=O)NC2CC3(C2)CC(Oc2cc(C)c(C#N)c(C)c2)C3)cn1. The molecule has 4 rings (SSSR count). The third-order valence-corrected chi connectivity index (χ3v) is 5.98. The number of carbonyl (C=O) groups is 1. The standard InChI is InChI=1S/C22H24N4O2/c1-13-4-18(5-14(2)20(13)10-23)28-19-8-22(9-19)6-17(7-22)26-21(27)16-11-24-15(3)25-12-16/h4-5,11-12,17,19H,6-9H2,1-3H3,(H,26,27). The summed E-state index contributed by atoms with van der Waals surface area (Å²) in [5.74, 6) is 1.40. The molecule has 1 aromatic carbocycles. The maximum Gasteiger partial charge on any atom is 0.254 e. The lowest BCUT2D eigenvalue weighted by atomic mass is 9.53. The number of amides is 1. The van der Waals surface area contributed by atoms with Gasteiger partial charge in [0.15, 0.2) is 0 Å². The Morgan fingerprint density at radius 2 is 1.75 bits per heavy atom. The fourth-order valence-electron chi connectivity index (χ4n) is 4.55. The van der Waals surface area contributed by atoms with Crippen molar-refractivity contribution in [1.82, 2.24) is 15.3 Å². The van der Waals surface area contributed by atoms with Crippen LogP contribution in [0.4, 0.5) is 0 Å². The molecule has 0 unspecified atom stereocenters. The van der Waals surface area contributed by atoms with Gasteiger partial charge in [0.2, 0.25) is 0 Å². The first-order valence-electron chi connectivity index (χ1n) is 9.65. The Balaban J connectivity index is 1.26. The summed E-state index contributed by atoms with van der Waals surface area (Å²) in [5.41, 5.74) is 3.46. The normalized spacial score (nSPS) is 25.4. The summed E-state index contributed by atoms with van der Waals surface area (Å²) in [7, 11) is 0. The van der Waals surface area contributed by atoms with Crippen molar-refractivity contribution in [3.63, 3.8) is 0 Å². The van der Waals surface area contributed by atoms with Crippen LogP contribution in [0.15, 0.2) is 24.5 Å². The molecular formula is C22H24N4O2. The smallest absolute Gasteiger partial charge is 0.254 e. The quantitative estimate of drug-likeness (QED) is 0.884. The number of nitrogens with one attached hydrogen (secondary N) is 1. The summed E-state index contributed by atoms with van der Waals surface area (Å²) in [5, 5.41) is 12.3. The Morgan fingerprint density at radius 1 is 1.14 bits per heavy atom. The summed E-state index contributed by atoms with van der Waals surface area (Å²) >= 11 is 0. The fraction of sp³-hybridized carbons (Fsp3) is 0.455. The van der Waals surface area contributed by atoms with Gasteiger partial charge in [-0.25, -0.2) is 9.97 Å². The van der Waals surface area contributed by atoms with Crippen LogP contribution in [-0.4, -0.2) is 28.0 Å². The van der Waals surface area contributed by atoms with Gasteiger partial charge in [0, 0.05) is 18.4 Å². The number of benzene rings is 1. The third-order valence-electron chi connectivity index (χ3n) is 5.98. The van der Waals surface area contributed by atoms with Crippen molar-refractivity contribution in [2.24, 2.45) is 5.41 Å². The maximum absolute atomic E-state index is 12.3. The van der Waals surface area contributed by atoms with Crippen LogP contribution in [0.5, 0.6) is 5.75 Å². The second-order valence-electron chi connectivity index (χ2n) is 8.29. The van der Waals surface area contributed by atoms with Crippen LogP contribution in [-0.2, 0) is 0 Å². The summed E-state index contributed by atoms with van der Waals surface area (Å²) < 4.78 is 6.13. The Hall–Kier alpha value is -2.94. The molecule has 144 valence electrons. The minimum atomic E-state index is -0.101. The number of carbonyl (C=O) groups excluding carboxylic acids is 1. The van der Waals surface area contributed by atoms with Crippen molar-refractivity contribution in [2.45, 2.75) is 58.6 Å². The van der Waals surface area contributed by atoms with Gasteiger partial charge in [0.1, 0.15) is 11.6 Å². The van der Waals surface area contributed by atoms with Gasteiger partial charge in [-0.15, -0.1) is 0 Å². The molecule has 0 atom stereocenters. The summed E-state index contributed by atoms with van der Waals surface area (Å²) in [6.45, 7) is 5.69. The van der Waals surface area contributed by atoms with E-state index in [0.717, 1.165) is 48.1 Å². The molecule has 0 bridgehead atoms. The van der Waals surface area contributed by atoms with Crippen LogP contribution in [0.2, 0.25) is 0 Å². The summed E-state index contributed by atoms with van der Waals surface area (Å²) in [6.07, 6.45) is 7.39. The van der Waals surface area contributed by atoms with E-state index in [9.17, 15) is 10.1 Å². The van der Waals surface area contributed by atoms with Gasteiger partial charge in [0.05, 0.1) is 23.3 Å². The zero-order valence-electron chi connectivity index (χ0n) is 16.5. The first kappa shape index (κ1) is 18.4. The van der Waals surface area contributed by atoms with Crippen molar-refractivity contribution < 1.29 is 9.53 Å². The van der Waals surface area contributed by atoms with Crippen LogP contribution < -0.4 is 10.1 Å². The number of aryl methyl sites for hydroxylation is 3. The predicted molar refractivity (Wildman–Crippen MR) is 104 cm³/mol. The van der Waals surface area contributed by atoms with Crippen molar-refractivity contribution in [3.05, 3.63) is 52.6 Å². The predicted octanol–water partition coefficient (Wildman–Crippen LogP) is 3.39. The molecule has 1 aromatic heterocycles. The van der Waals surface area contributed by atoms with Gasteiger partial charge < -0.3 is 10.1 Å². The topological polar surface area (TPSA) is 87.9 Å². The Bertz CT molecular complexity index is 924. The van der Waals surface area contributed by atoms with Crippen LogP contribution in [0.3, 0.4) is 0 Å². The summed E-state index contributed by atoms with van der Waals surface area (Å²) in [6, 6.07) is 6.35. The number of hydrogen-bond acceptors (Lipinski definition) is 5. The van der Waals surface area contributed by atoms with E-state index in [4.69, 9.17) is 4.74 Å². The van der Waals surface area contributed by atoms with Crippen molar-refractivity contribution in [1.29, 1.82) is 5.26 Å². The molecule has 28 heavy (non-hydrogen) atoms. The Morgan fingerprint density at radius 3 is 2.32 bits per heavy atom. The third kappa shape index (κ3) is 3.45. The highest BCUT2D eigenvalue weighted by atomic mass is 16.5. The van der Waals surface area contributed by atoms with Gasteiger partial charge in [-0.3, -0.25) is 4.79 Å². The van der Waals surface area contributed by atoms with E-state index in [2.05, 4.69) is 21.4 Å². The Labute approximate surface area is 165 Å². The van der Waals surface area contributed by atoms with E-state index in [1.165, 1.54) is 0 Å². The molecule has 1 heterocycles. The molecule has 1 N–H and O–H groups in total. The van der Waals surface area contributed by atoms with Gasteiger partial charge in [0.25, 0.3) is 5.91 Å². The van der Waals surface area contributed by atoms with E-state index in [1.807, 2.05) is 26.0 Å². The Kier molecular flexibility index (Phi) is 4.54. The largest absolute Gasteiger partial charge is 0.490 e. The highest BCUT2D eigenvalue weighted by molar-refractivity contribution is 5.93. The van der Waals surface area contributed by atoms with Crippen LogP contribution in [0, 0.1) is 37.5 Å². The van der Waals surface area contributed by atoms with Gasteiger partial charge in [-0.05, 0) is 75.1 Å². The monoisotopic (exact) mass is 376 g/mol. The fourth-order valence-corrected chi connectivity index (χ4v) is 4.55. The first-order chi connectivity index (χ1) is 13.4. The van der Waals surface area contributed by atoms with Crippen LogP contribution in [0.25, 0.3) is 0 Å². The van der Waals surface area contributed by atoms with Crippen molar-refractivity contribution in [2.75, 3.05) is 0 Å². The number of hydrogen-bond donors (Lipinski definition) is 1. The lowest BCUT2D eigenvalue weighted by Gasteiger charge is -2.57. The molecule has 0 saturated heterocycles. The van der Waals surface area contributed by atoms with E-state index in [0.29, 0.717) is 16.8 Å². The minimum Gasteiger partial charge on any atom is -0.490 e. The zero-order valence-corrected chi connectivity index (χ0v) is 16.5. The first-order valence-corrected chi connectivity index (χ1v) is 9.65. The average Bonchev–Trinajstić information content (AvgIpc) is 2.58. The highest BCUT2D eigenvalue weighted by Gasteiger charge is 2.54. The molecule has 0 radical (unpaired) electrons. The van der Waals surface area contributed by atoms with E-state index in [1.54, 1.807) is 19.3 Å².